The highest BCUT2D eigenvalue weighted by atomic mass is 14.7. The molecule has 0 aromatic heterocycles. The number of rotatable bonds is 4. The van der Waals surface area contributed by atoms with Gasteiger partial charge in [-0.15, -0.1) is 0 Å². The van der Waals surface area contributed by atoms with Gasteiger partial charge in [0.1, 0.15) is 0 Å². The third kappa shape index (κ3) is 5.01. The third-order valence-corrected chi connectivity index (χ3v) is 0.954. The molecular weight excluding hydrogens is 110 g/mol. The molecule has 0 rings (SSSR count). The quantitative estimate of drug-likeness (QED) is 0.401. The predicted molar refractivity (Wildman–Crippen MR) is 43.0 cm³/mol. The molecule has 9 heavy (non-hydrogen) atoms. The summed E-state index contributed by atoms with van der Waals surface area (Å²) in [4.78, 5) is 4.03. The molecule has 0 amide bonds. The standard InChI is InChI=1S/C8H13N/c1-4-8(3)6-7-9-5-2/h4,7H,1,3,5-6H2,2H3. The van der Waals surface area contributed by atoms with Crippen LogP contribution in [0.4, 0.5) is 0 Å². The lowest BCUT2D eigenvalue weighted by Gasteiger charge is -1.88. The Bertz CT molecular complexity index is 123. The van der Waals surface area contributed by atoms with Crippen LogP contribution in [0.2, 0.25) is 0 Å². The second-order valence-corrected chi connectivity index (χ2v) is 1.75. The maximum Gasteiger partial charge on any atom is 0.0357 e. The van der Waals surface area contributed by atoms with Gasteiger partial charge in [-0.3, -0.25) is 4.99 Å². The summed E-state index contributed by atoms with van der Waals surface area (Å²) < 4.78 is 0. The van der Waals surface area contributed by atoms with Crippen LogP contribution in [0.3, 0.4) is 0 Å². The van der Waals surface area contributed by atoms with Gasteiger partial charge in [-0.2, -0.15) is 0 Å². The zero-order valence-corrected chi connectivity index (χ0v) is 5.93. The van der Waals surface area contributed by atoms with E-state index in [1.54, 1.807) is 6.08 Å². The molecule has 0 saturated heterocycles. The number of aliphatic imine (C=N–C) groups is 1. The van der Waals surface area contributed by atoms with Gasteiger partial charge in [0, 0.05) is 19.2 Å². The van der Waals surface area contributed by atoms with Crippen LogP contribution >= 0.6 is 0 Å². The predicted octanol–water partition coefficient (Wildman–Crippen LogP) is 2.21. The smallest absolute Gasteiger partial charge is 0.0357 e. The Balaban J connectivity index is 3.37. The molecule has 0 aliphatic heterocycles. The first-order valence-electron chi connectivity index (χ1n) is 3.09. The molecule has 0 atom stereocenters. The zero-order valence-electron chi connectivity index (χ0n) is 5.93. The van der Waals surface area contributed by atoms with Crippen molar-refractivity contribution in [1.82, 2.24) is 0 Å². The van der Waals surface area contributed by atoms with Crippen molar-refractivity contribution < 1.29 is 0 Å². The minimum absolute atomic E-state index is 0.831. The maximum absolute atomic E-state index is 4.03. The van der Waals surface area contributed by atoms with Gasteiger partial charge in [-0.25, -0.2) is 0 Å². The van der Waals surface area contributed by atoms with Gasteiger partial charge in [0.15, 0.2) is 0 Å². The molecule has 1 nitrogen and oxygen atoms in total. The molecule has 0 aliphatic carbocycles. The average Bonchev–Trinajstić information content (AvgIpc) is 1.89. The van der Waals surface area contributed by atoms with E-state index in [-0.39, 0.29) is 0 Å². The summed E-state index contributed by atoms with van der Waals surface area (Å²) in [5, 5.41) is 0. The molecule has 0 aromatic carbocycles. The van der Waals surface area contributed by atoms with Crippen LogP contribution in [0, 0.1) is 0 Å². The monoisotopic (exact) mass is 123 g/mol. The third-order valence-electron chi connectivity index (χ3n) is 0.954. The highest BCUT2D eigenvalue weighted by Gasteiger charge is 1.79. The fourth-order valence-corrected chi connectivity index (χ4v) is 0.394. The summed E-state index contributed by atoms with van der Waals surface area (Å²) in [5.41, 5.74) is 1.02. The van der Waals surface area contributed by atoms with Gasteiger partial charge in [-0.05, 0) is 6.92 Å². The Hall–Kier alpha value is -0.850. The molecule has 50 valence electrons. The Morgan fingerprint density at radius 1 is 1.67 bits per heavy atom. The van der Waals surface area contributed by atoms with Gasteiger partial charge < -0.3 is 0 Å². The second-order valence-electron chi connectivity index (χ2n) is 1.75. The van der Waals surface area contributed by atoms with Gasteiger partial charge in [-0.1, -0.05) is 24.8 Å². The largest absolute Gasteiger partial charge is 0.297 e. The number of hydrogen-bond acceptors (Lipinski definition) is 1. The van der Waals surface area contributed by atoms with E-state index in [4.69, 9.17) is 0 Å². The van der Waals surface area contributed by atoms with Crippen molar-refractivity contribution in [1.29, 1.82) is 0 Å². The van der Waals surface area contributed by atoms with E-state index < -0.39 is 0 Å². The van der Waals surface area contributed by atoms with Gasteiger partial charge in [0.2, 0.25) is 0 Å². The summed E-state index contributed by atoms with van der Waals surface area (Å²) in [7, 11) is 0. The van der Waals surface area contributed by atoms with Crippen LogP contribution in [0.1, 0.15) is 13.3 Å². The Morgan fingerprint density at radius 3 is 2.78 bits per heavy atom. The fraction of sp³-hybridized carbons (Fsp3) is 0.375. The molecule has 0 radical (unpaired) electrons. The first-order valence-corrected chi connectivity index (χ1v) is 3.09. The zero-order chi connectivity index (χ0) is 7.11. The van der Waals surface area contributed by atoms with Gasteiger partial charge in [0.25, 0.3) is 0 Å². The molecule has 0 saturated carbocycles. The van der Waals surface area contributed by atoms with E-state index in [0.717, 1.165) is 18.5 Å². The topological polar surface area (TPSA) is 12.4 Å². The number of nitrogens with zero attached hydrogens (tertiary/aromatic N) is 1. The van der Waals surface area contributed by atoms with Crippen molar-refractivity contribution in [3.8, 4) is 0 Å². The SMILES string of the molecule is C=CC(=C)CC=NCC. The van der Waals surface area contributed by atoms with Gasteiger partial charge in [0.05, 0.1) is 0 Å². The van der Waals surface area contributed by atoms with Crippen molar-refractivity contribution in [2.45, 2.75) is 13.3 Å². The van der Waals surface area contributed by atoms with E-state index >= 15 is 0 Å². The van der Waals surface area contributed by atoms with Crippen LogP contribution in [0.15, 0.2) is 29.8 Å². The van der Waals surface area contributed by atoms with Crippen molar-refractivity contribution in [3.63, 3.8) is 0 Å². The lowest BCUT2D eigenvalue weighted by atomic mass is 10.2. The summed E-state index contributed by atoms with van der Waals surface area (Å²) in [6.07, 6.45) is 4.45. The molecule has 0 heterocycles. The number of hydrogen-bond donors (Lipinski definition) is 0. The van der Waals surface area contributed by atoms with E-state index in [2.05, 4.69) is 18.2 Å². The molecule has 0 fully saturated rings. The summed E-state index contributed by atoms with van der Waals surface area (Å²) >= 11 is 0. The average molecular weight is 123 g/mol. The van der Waals surface area contributed by atoms with Crippen LogP contribution in [0.5, 0.6) is 0 Å². The Kier molecular flexibility index (Phi) is 4.79. The molecule has 0 aliphatic rings. The van der Waals surface area contributed by atoms with Crippen molar-refractivity contribution in [3.05, 3.63) is 24.8 Å². The fourth-order valence-electron chi connectivity index (χ4n) is 0.394. The summed E-state index contributed by atoms with van der Waals surface area (Å²) in [5.74, 6) is 0. The van der Waals surface area contributed by atoms with E-state index in [1.807, 2.05) is 13.1 Å². The first-order chi connectivity index (χ1) is 4.31. The molecule has 0 spiro atoms. The molecule has 0 aromatic rings. The molecule has 0 bridgehead atoms. The summed E-state index contributed by atoms with van der Waals surface area (Å²) in [6.45, 7) is 10.2. The van der Waals surface area contributed by atoms with Crippen molar-refractivity contribution >= 4 is 6.21 Å². The number of allylic oxidation sites excluding steroid dienone is 2. The molecular formula is C8H13N. The van der Waals surface area contributed by atoms with Crippen molar-refractivity contribution in [2.75, 3.05) is 6.54 Å². The van der Waals surface area contributed by atoms with Crippen LogP contribution in [-0.2, 0) is 0 Å². The van der Waals surface area contributed by atoms with Crippen molar-refractivity contribution in [2.24, 2.45) is 4.99 Å². The van der Waals surface area contributed by atoms with E-state index in [1.165, 1.54) is 0 Å². The van der Waals surface area contributed by atoms with Crippen LogP contribution in [-0.4, -0.2) is 12.8 Å². The first kappa shape index (κ1) is 8.15. The minimum Gasteiger partial charge on any atom is -0.297 e. The lowest BCUT2D eigenvalue weighted by Crippen LogP contribution is -1.78. The highest BCUT2D eigenvalue weighted by molar-refractivity contribution is 5.61. The minimum atomic E-state index is 0.831. The van der Waals surface area contributed by atoms with Crippen LogP contribution < -0.4 is 0 Å². The molecule has 0 unspecified atom stereocenters. The van der Waals surface area contributed by atoms with E-state index in [0.29, 0.717) is 0 Å². The molecule has 0 N–H and O–H groups in total. The Labute approximate surface area is 56.8 Å². The van der Waals surface area contributed by atoms with Gasteiger partial charge >= 0.3 is 0 Å². The highest BCUT2D eigenvalue weighted by Crippen LogP contribution is 1.93. The Morgan fingerprint density at radius 2 is 2.33 bits per heavy atom. The molecule has 1 heteroatoms. The van der Waals surface area contributed by atoms with Crippen LogP contribution in [0.25, 0.3) is 0 Å². The lowest BCUT2D eigenvalue weighted by molar-refractivity contribution is 1.13. The maximum atomic E-state index is 4.03. The second kappa shape index (κ2) is 5.29. The normalized spacial score (nSPS) is 9.89. The van der Waals surface area contributed by atoms with E-state index in [9.17, 15) is 0 Å². The summed E-state index contributed by atoms with van der Waals surface area (Å²) in [6, 6.07) is 0.